The lowest BCUT2D eigenvalue weighted by Crippen LogP contribution is -2.26. The van der Waals surface area contributed by atoms with Gasteiger partial charge in [-0.1, -0.05) is 12.1 Å². The number of aromatic nitrogens is 3. The first kappa shape index (κ1) is 22.3. The number of nitrogens with zero attached hydrogens (tertiary/aromatic N) is 3. The summed E-state index contributed by atoms with van der Waals surface area (Å²) in [5.74, 6) is -3.00. The van der Waals surface area contributed by atoms with Gasteiger partial charge in [0.15, 0.2) is 0 Å². The highest BCUT2D eigenvalue weighted by atomic mass is 19.1. The van der Waals surface area contributed by atoms with Gasteiger partial charge in [0.1, 0.15) is 5.82 Å². The number of rotatable bonds is 5. The molecule has 2 heterocycles. The second-order valence-electron chi connectivity index (χ2n) is 6.43. The maximum atomic E-state index is 13.9. The van der Waals surface area contributed by atoms with Gasteiger partial charge in [-0.15, -0.1) is 0 Å². The molecule has 0 aliphatic heterocycles. The Labute approximate surface area is 171 Å². The molecular weight excluding hydrogens is 395 g/mol. The van der Waals surface area contributed by atoms with Crippen molar-refractivity contribution in [1.29, 1.82) is 0 Å². The molecule has 0 bridgehead atoms. The highest BCUT2D eigenvalue weighted by Crippen LogP contribution is 2.24. The van der Waals surface area contributed by atoms with Crippen molar-refractivity contribution in [3.05, 3.63) is 65.6 Å². The molecule has 10 heteroatoms. The molecule has 3 N–H and O–H groups in total. The lowest BCUT2D eigenvalue weighted by atomic mass is 10.1. The molecule has 0 atom stereocenters. The summed E-state index contributed by atoms with van der Waals surface area (Å²) < 4.78 is 15.6. The van der Waals surface area contributed by atoms with E-state index in [0.29, 0.717) is 35.2 Å². The molecule has 3 rings (SSSR count). The van der Waals surface area contributed by atoms with Crippen LogP contribution in [-0.4, -0.2) is 54.5 Å². The van der Waals surface area contributed by atoms with Crippen molar-refractivity contribution in [3.8, 4) is 0 Å². The topological polar surface area (TPSA) is 129 Å². The normalized spacial score (nSPS) is 10.7. The summed E-state index contributed by atoms with van der Waals surface area (Å²) in [6, 6.07) is 4.78. The third-order valence-corrected chi connectivity index (χ3v) is 4.22. The predicted octanol–water partition coefficient (Wildman–Crippen LogP) is 2.33. The highest BCUT2D eigenvalue weighted by molar-refractivity contribution is 6.07. The van der Waals surface area contributed by atoms with Crippen LogP contribution in [-0.2, 0) is 23.2 Å². The zero-order valence-corrected chi connectivity index (χ0v) is 16.6. The fraction of sp³-hybridized carbons (Fsp3) is 0.200. The van der Waals surface area contributed by atoms with Gasteiger partial charge in [0.25, 0.3) is 5.91 Å². The lowest BCUT2D eigenvalue weighted by Gasteiger charge is -2.16. The highest BCUT2D eigenvalue weighted by Gasteiger charge is 2.20. The Bertz CT molecular complexity index is 1100. The number of aryl methyl sites for hydroxylation is 2. The lowest BCUT2D eigenvalue weighted by molar-refractivity contribution is -0.134. The number of hydrogen-bond donors (Lipinski definition) is 3. The number of carboxylic acid groups (broad SMARTS) is 2. The first-order valence-corrected chi connectivity index (χ1v) is 8.73. The van der Waals surface area contributed by atoms with Crippen LogP contribution in [0.15, 0.2) is 42.9 Å². The Morgan fingerprint density at radius 1 is 1.23 bits per heavy atom. The molecule has 0 radical (unpaired) electrons. The number of benzene rings is 1. The molecule has 0 fully saturated rings. The minimum absolute atomic E-state index is 0.154. The van der Waals surface area contributed by atoms with Gasteiger partial charge in [-0.3, -0.25) is 4.79 Å². The Kier molecular flexibility index (Phi) is 7.08. The molecule has 0 unspecified atom stereocenters. The van der Waals surface area contributed by atoms with Crippen LogP contribution in [0.3, 0.4) is 0 Å². The number of carboxylic acids is 2. The zero-order valence-electron chi connectivity index (χ0n) is 16.6. The molecule has 1 amide bonds. The van der Waals surface area contributed by atoms with Crippen molar-refractivity contribution in [1.82, 2.24) is 19.4 Å². The van der Waals surface area contributed by atoms with Gasteiger partial charge < -0.3 is 24.7 Å². The summed E-state index contributed by atoms with van der Waals surface area (Å²) >= 11 is 0. The molecule has 0 aliphatic carbocycles. The molecular formula is C20H21FN4O5. The number of nitrogens with one attached hydrogen (secondary N) is 1. The molecule has 0 spiro atoms. The standard InChI is InChI=1S/C16H17FN4O.C4H4O4/c1-10-14(19-9-18-10)8-21(3)16(22)12-7-20(2)15-11(12)5-4-6-13(15)17;5-3(6)1-2-4(7)8/h4-7,9H,8H2,1-3H3,(H,18,19);1-2H,(H,5,6)(H,7,8)/b;2-1-. The number of halogens is 1. The molecule has 0 aliphatic rings. The zero-order chi connectivity index (χ0) is 22.4. The van der Waals surface area contributed by atoms with Crippen LogP contribution in [0.25, 0.3) is 10.9 Å². The summed E-state index contributed by atoms with van der Waals surface area (Å²) in [4.78, 5) is 40.6. The van der Waals surface area contributed by atoms with Gasteiger partial charge >= 0.3 is 11.9 Å². The summed E-state index contributed by atoms with van der Waals surface area (Å²) in [7, 11) is 3.45. The number of aromatic amines is 1. The minimum atomic E-state index is -1.26. The van der Waals surface area contributed by atoms with Crippen LogP contribution in [0, 0.1) is 12.7 Å². The van der Waals surface area contributed by atoms with Crippen molar-refractivity contribution in [2.75, 3.05) is 7.05 Å². The largest absolute Gasteiger partial charge is 0.478 e. The number of amides is 1. The Morgan fingerprint density at radius 2 is 1.87 bits per heavy atom. The average Bonchev–Trinajstić information content (AvgIpc) is 3.24. The van der Waals surface area contributed by atoms with E-state index in [4.69, 9.17) is 10.2 Å². The first-order valence-electron chi connectivity index (χ1n) is 8.73. The van der Waals surface area contributed by atoms with E-state index < -0.39 is 11.9 Å². The summed E-state index contributed by atoms with van der Waals surface area (Å²) in [6.45, 7) is 2.31. The molecule has 30 heavy (non-hydrogen) atoms. The van der Waals surface area contributed by atoms with E-state index in [1.807, 2.05) is 6.92 Å². The fourth-order valence-electron chi connectivity index (χ4n) is 2.78. The Morgan fingerprint density at radius 3 is 2.40 bits per heavy atom. The molecule has 1 aromatic carbocycles. The molecule has 0 saturated heterocycles. The number of H-pyrrole nitrogens is 1. The van der Waals surface area contributed by atoms with Crippen LogP contribution < -0.4 is 0 Å². The fourth-order valence-corrected chi connectivity index (χ4v) is 2.78. The molecule has 158 valence electrons. The van der Waals surface area contributed by atoms with Gasteiger partial charge in [0.2, 0.25) is 0 Å². The van der Waals surface area contributed by atoms with Crippen molar-refractivity contribution in [2.24, 2.45) is 7.05 Å². The monoisotopic (exact) mass is 416 g/mol. The van der Waals surface area contributed by atoms with Crippen molar-refractivity contribution in [3.63, 3.8) is 0 Å². The first-order chi connectivity index (χ1) is 14.1. The van der Waals surface area contributed by atoms with Crippen molar-refractivity contribution < 1.29 is 29.0 Å². The van der Waals surface area contributed by atoms with Gasteiger partial charge in [-0.25, -0.2) is 19.0 Å². The maximum absolute atomic E-state index is 13.9. The number of fused-ring (bicyclic) bond motifs is 1. The van der Waals surface area contributed by atoms with Crippen molar-refractivity contribution in [2.45, 2.75) is 13.5 Å². The number of carbonyl (C=O) groups is 3. The van der Waals surface area contributed by atoms with E-state index in [2.05, 4.69) is 9.97 Å². The quantitative estimate of drug-likeness (QED) is 0.548. The third kappa shape index (κ3) is 5.31. The Hall–Kier alpha value is -3.95. The minimum Gasteiger partial charge on any atom is -0.478 e. The maximum Gasteiger partial charge on any atom is 0.328 e. The number of carbonyl (C=O) groups excluding carboxylic acids is 1. The number of imidazole rings is 1. The predicted molar refractivity (Wildman–Crippen MR) is 106 cm³/mol. The van der Waals surface area contributed by atoms with Crippen LogP contribution in [0.1, 0.15) is 21.7 Å². The smallest absolute Gasteiger partial charge is 0.328 e. The van der Waals surface area contributed by atoms with E-state index in [0.717, 1.165) is 11.4 Å². The number of aliphatic carboxylic acids is 2. The third-order valence-electron chi connectivity index (χ3n) is 4.22. The summed E-state index contributed by atoms with van der Waals surface area (Å²) in [5, 5.41) is 16.2. The SMILES string of the molecule is Cc1[nH]cnc1CN(C)C(=O)c1cn(C)c2c(F)cccc12.O=C(O)/C=C\C(=O)O. The van der Waals surface area contributed by atoms with Crippen LogP contribution >= 0.6 is 0 Å². The molecule has 0 saturated carbocycles. The molecule has 2 aromatic heterocycles. The second-order valence-corrected chi connectivity index (χ2v) is 6.43. The molecule has 3 aromatic rings. The van der Waals surface area contributed by atoms with Crippen molar-refractivity contribution >= 4 is 28.7 Å². The van der Waals surface area contributed by atoms with Gasteiger partial charge in [0.05, 0.1) is 29.6 Å². The van der Waals surface area contributed by atoms with Crippen LogP contribution in [0.5, 0.6) is 0 Å². The van der Waals surface area contributed by atoms with E-state index in [1.165, 1.54) is 6.07 Å². The summed E-state index contributed by atoms with van der Waals surface area (Å²) in [5.41, 5.74) is 2.69. The van der Waals surface area contributed by atoms with Gasteiger partial charge in [0, 0.05) is 43.5 Å². The van der Waals surface area contributed by atoms with E-state index in [1.54, 1.807) is 48.2 Å². The average molecular weight is 416 g/mol. The summed E-state index contributed by atoms with van der Waals surface area (Å²) in [6.07, 6.45) is 4.39. The van der Waals surface area contributed by atoms with Gasteiger partial charge in [-0.2, -0.15) is 0 Å². The van der Waals surface area contributed by atoms with Crippen LogP contribution in [0.4, 0.5) is 4.39 Å². The van der Waals surface area contributed by atoms with Gasteiger partial charge in [-0.05, 0) is 13.0 Å². The van der Waals surface area contributed by atoms with Crippen LogP contribution in [0.2, 0.25) is 0 Å². The second kappa shape index (κ2) is 9.50. The van der Waals surface area contributed by atoms with E-state index >= 15 is 0 Å². The molecule has 9 nitrogen and oxygen atoms in total. The Balaban J connectivity index is 0.000000343. The van der Waals surface area contributed by atoms with E-state index in [-0.39, 0.29) is 11.7 Å². The number of hydrogen-bond acceptors (Lipinski definition) is 4. The van der Waals surface area contributed by atoms with E-state index in [9.17, 15) is 18.8 Å². The number of para-hydroxylation sites is 1.